The second kappa shape index (κ2) is 6.20. The standard InChI is InChI=1S/C18H17FN2O2/c1-12-4-2-3-5-16(12)20-18(23)13-10-17(22)21(11-13)15-8-6-14(19)7-9-15/h2-9,13H,10-11H2,1H3,(H,20,23). The van der Waals surface area contributed by atoms with Crippen molar-refractivity contribution in [2.75, 3.05) is 16.8 Å². The van der Waals surface area contributed by atoms with Gasteiger partial charge < -0.3 is 10.2 Å². The van der Waals surface area contributed by atoms with Crippen molar-refractivity contribution in [3.63, 3.8) is 0 Å². The molecular formula is C18H17FN2O2. The van der Waals surface area contributed by atoms with Crippen molar-refractivity contribution in [1.82, 2.24) is 0 Å². The zero-order chi connectivity index (χ0) is 16.4. The van der Waals surface area contributed by atoms with Gasteiger partial charge in [0.1, 0.15) is 5.82 Å². The summed E-state index contributed by atoms with van der Waals surface area (Å²) in [6.45, 7) is 2.22. The molecule has 0 aromatic heterocycles. The first-order valence-corrected chi connectivity index (χ1v) is 7.47. The number of benzene rings is 2. The number of anilines is 2. The van der Waals surface area contributed by atoms with Gasteiger partial charge in [0.25, 0.3) is 0 Å². The van der Waals surface area contributed by atoms with Gasteiger partial charge in [0.05, 0.1) is 5.92 Å². The molecule has 118 valence electrons. The predicted molar refractivity (Wildman–Crippen MR) is 86.7 cm³/mol. The molecule has 1 N–H and O–H groups in total. The van der Waals surface area contributed by atoms with Crippen LogP contribution in [0, 0.1) is 18.7 Å². The number of amides is 2. The van der Waals surface area contributed by atoms with Crippen molar-refractivity contribution in [2.45, 2.75) is 13.3 Å². The molecule has 0 spiro atoms. The summed E-state index contributed by atoms with van der Waals surface area (Å²) in [6.07, 6.45) is 0.162. The summed E-state index contributed by atoms with van der Waals surface area (Å²) >= 11 is 0. The molecule has 5 heteroatoms. The largest absolute Gasteiger partial charge is 0.326 e. The number of para-hydroxylation sites is 1. The molecule has 1 fully saturated rings. The van der Waals surface area contributed by atoms with Crippen molar-refractivity contribution in [2.24, 2.45) is 5.92 Å². The van der Waals surface area contributed by atoms with Crippen molar-refractivity contribution in [3.05, 3.63) is 59.9 Å². The van der Waals surface area contributed by atoms with Crippen LogP contribution in [0.1, 0.15) is 12.0 Å². The Morgan fingerprint density at radius 2 is 1.87 bits per heavy atom. The number of nitrogens with zero attached hydrogens (tertiary/aromatic N) is 1. The predicted octanol–water partition coefficient (Wildman–Crippen LogP) is 3.13. The minimum absolute atomic E-state index is 0.124. The number of hydrogen-bond acceptors (Lipinski definition) is 2. The fraction of sp³-hybridized carbons (Fsp3) is 0.222. The Balaban J connectivity index is 1.71. The fourth-order valence-electron chi connectivity index (χ4n) is 2.70. The van der Waals surface area contributed by atoms with E-state index < -0.39 is 5.92 Å². The van der Waals surface area contributed by atoms with Crippen LogP contribution in [0.25, 0.3) is 0 Å². The van der Waals surface area contributed by atoms with E-state index >= 15 is 0 Å². The van der Waals surface area contributed by atoms with E-state index in [0.717, 1.165) is 11.3 Å². The van der Waals surface area contributed by atoms with E-state index in [2.05, 4.69) is 5.32 Å². The van der Waals surface area contributed by atoms with Gasteiger partial charge in [0.15, 0.2) is 0 Å². The van der Waals surface area contributed by atoms with Crippen LogP contribution in [0.2, 0.25) is 0 Å². The molecule has 2 amide bonds. The SMILES string of the molecule is Cc1ccccc1NC(=O)C1CC(=O)N(c2ccc(F)cc2)C1. The number of hydrogen-bond donors (Lipinski definition) is 1. The van der Waals surface area contributed by atoms with Crippen LogP contribution >= 0.6 is 0 Å². The number of halogens is 1. The zero-order valence-electron chi connectivity index (χ0n) is 12.8. The molecule has 4 nitrogen and oxygen atoms in total. The third-order valence-corrected chi connectivity index (χ3v) is 4.04. The van der Waals surface area contributed by atoms with Crippen molar-refractivity contribution in [3.8, 4) is 0 Å². The molecule has 1 atom stereocenters. The lowest BCUT2D eigenvalue weighted by Gasteiger charge is -2.17. The van der Waals surface area contributed by atoms with Crippen LogP contribution in [-0.2, 0) is 9.59 Å². The van der Waals surface area contributed by atoms with Crippen LogP contribution in [0.15, 0.2) is 48.5 Å². The molecule has 1 aliphatic heterocycles. The lowest BCUT2D eigenvalue weighted by atomic mass is 10.1. The lowest BCUT2D eigenvalue weighted by Crippen LogP contribution is -2.28. The van der Waals surface area contributed by atoms with Gasteiger partial charge in [-0.05, 0) is 42.8 Å². The van der Waals surface area contributed by atoms with E-state index in [9.17, 15) is 14.0 Å². The summed E-state index contributed by atoms with van der Waals surface area (Å²) in [5.74, 6) is -1.06. The molecule has 3 rings (SSSR count). The third kappa shape index (κ3) is 3.23. The highest BCUT2D eigenvalue weighted by atomic mass is 19.1. The number of carbonyl (C=O) groups is 2. The maximum absolute atomic E-state index is 13.0. The highest BCUT2D eigenvalue weighted by Crippen LogP contribution is 2.26. The molecule has 0 radical (unpaired) electrons. The Morgan fingerprint density at radius 3 is 2.57 bits per heavy atom. The van der Waals surface area contributed by atoms with Gasteiger partial charge in [-0.15, -0.1) is 0 Å². The molecule has 2 aromatic carbocycles. The first-order chi connectivity index (χ1) is 11.0. The normalized spacial score (nSPS) is 17.4. The Kier molecular flexibility index (Phi) is 4.10. The van der Waals surface area contributed by atoms with Gasteiger partial charge in [-0.3, -0.25) is 9.59 Å². The first-order valence-electron chi connectivity index (χ1n) is 7.47. The van der Waals surface area contributed by atoms with Crippen molar-refractivity contribution >= 4 is 23.2 Å². The quantitative estimate of drug-likeness (QED) is 0.946. The van der Waals surface area contributed by atoms with E-state index in [1.165, 1.54) is 17.0 Å². The van der Waals surface area contributed by atoms with Gasteiger partial charge in [0.2, 0.25) is 11.8 Å². The number of aryl methyl sites for hydroxylation is 1. The maximum atomic E-state index is 13.0. The summed E-state index contributed by atoms with van der Waals surface area (Å²) in [5, 5.41) is 2.88. The molecule has 0 aliphatic carbocycles. The average molecular weight is 312 g/mol. The summed E-state index contributed by atoms with van der Waals surface area (Å²) in [4.78, 5) is 26.1. The summed E-state index contributed by atoms with van der Waals surface area (Å²) in [7, 11) is 0. The smallest absolute Gasteiger partial charge is 0.229 e. The van der Waals surface area contributed by atoms with E-state index in [1.54, 1.807) is 12.1 Å². The number of rotatable bonds is 3. The van der Waals surface area contributed by atoms with Gasteiger partial charge in [-0.1, -0.05) is 18.2 Å². The van der Waals surface area contributed by atoms with E-state index in [4.69, 9.17) is 0 Å². The minimum atomic E-state index is -0.410. The van der Waals surface area contributed by atoms with Crippen LogP contribution in [-0.4, -0.2) is 18.4 Å². The molecule has 1 aliphatic rings. The molecule has 2 aromatic rings. The third-order valence-electron chi connectivity index (χ3n) is 4.04. The second-order valence-corrected chi connectivity index (χ2v) is 5.69. The number of nitrogens with one attached hydrogen (secondary N) is 1. The Labute approximate surface area is 133 Å². The molecule has 1 saturated heterocycles. The van der Waals surface area contributed by atoms with Crippen molar-refractivity contribution in [1.29, 1.82) is 0 Å². The molecule has 23 heavy (non-hydrogen) atoms. The number of carbonyl (C=O) groups excluding carboxylic acids is 2. The second-order valence-electron chi connectivity index (χ2n) is 5.69. The minimum Gasteiger partial charge on any atom is -0.326 e. The Morgan fingerprint density at radius 1 is 1.17 bits per heavy atom. The molecule has 1 unspecified atom stereocenters. The average Bonchev–Trinajstić information content (AvgIpc) is 2.92. The highest BCUT2D eigenvalue weighted by molar-refractivity contribution is 6.03. The monoisotopic (exact) mass is 312 g/mol. The fourth-order valence-corrected chi connectivity index (χ4v) is 2.70. The molecule has 1 heterocycles. The molecule has 0 saturated carbocycles. The van der Waals surface area contributed by atoms with Gasteiger partial charge in [-0.2, -0.15) is 0 Å². The summed E-state index contributed by atoms with van der Waals surface area (Å²) in [5.41, 5.74) is 2.34. The lowest BCUT2D eigenvalue weighted by molar-refractivity contribution is -0.122. The zero-order valence-corrected chi connectivity index (χ0v) is 12.8. The van der Waals surface area contributed by atoms with Gasteiger partial charge in [0, 0.05) is 24.3 Å². The first kappa shape index (κ1) is 15.2. The van der Waals surface area contributed by atoms with Gasteiger partial charge >= 0.3 is 0 Å². The molecular weight excluding hydrogens is 295 g/mol. The Hall–Kier alpha value is -2.69. The summed E-state index contributed by atoms with van der Waals surface area (Å²) in [6, 6.07) is 13.2. The van der Waals surface area contributed by atoms with E-state index in [0.29, 0.717) is 12.2 Å². The van der Waals surface area contributed by atoms with Crippen LogP contribution in [0.5, 0.6) is 0 Å². The van der Waals surface area contributed by atoms with Crippen LogP contribution in [0.4, 0.5) is 15.8 Å². The Bertz CT molecular complexity index is 743. The highest BCUT2D eigenvalue weighted by Gasteiger charge is 2.35. The summed E-state index contributed by atoms with van der Waals surface area (Å²) < 4.78 is 13.0. The maximum Gasteiger partial charge on any atom is 0.229 e. The topological polar surface area (TPSA) is 49.4 Å². The molecule has 0 bridgehead atoms. The van der Waals surface area contributed by atoms with E-state index in [1.807, 2.05) is 31.2 Å². The van der Waals surface area contributed by atoms with Crippen molar-refractivity contribution < 1.29 is 14.0 Å². The van der Waals surface area contributed by atoms with E-state index in [-0.39, 0.29) is 24.1 Å². The van der Waals surface area contributed by atoms with Crippen LogP contribution in [0.3, 0.4) is 0 Å². The van der Waals surface area contributed by atoms with Gasteiger partial charge in [-0.25, -0.2) is 4.39 Å². The van der Waals surface area contributed by atoms with Crippen LogP contribution < -0.4 is 10.2 Å².